The number of morpholine rings is 1. The molecule has 0 spiro atoms. The summed E-state index contributed by atoms with van der Waals surface area (Å²) in [6, 6.07) is 7.21. The van der Waals surface area contributed by atoms with Gasteiger partial charge in [0, 0.05) is 31.5 Å². The van der Waals surface area contributed by atoms with Gasteiger partial charge in [0.25, 0.3) is 5.91 Å². The SMILES string of the molecule is COC(=O)c1cc(N2CCOCC2)ccc1NC(=O)COc1nn(C)c2nc(C)cc(C)c12. The summed E-state index contributed by atoms with van der Waals surface area (Å²) in [4.78, 5) is 31.6. The number of benzene rings is 1. The molecular weight excluding hydrogens is 426 g/mol. The van der Waals surface area contributed by atoms with Gasteiger partial charge in [0.2, 0.25) is 5.88 Å². The number of anilines is 2. The number of nitrogens with one attached hydrogen (secondary N) is 1. The van der Waals surface area contributed by atoms with Crippen molar-refractivity contribution in [3.63, 3.8) is 0 Å². The Hall–Kier alpha value is -3.66. The number of aromatic nitrogens is 3. The highest BCUT2D eigenvalue weighted by atomic mass is 16.5. The van der Waals surface area contributed by atoms with Gasteiger partial charge in [-0.15, -0.1) is 5.10 Å². The lowest BCUT2D eigenvalue weighted by Gasteiger charge is -2.29. The van der Waals surface area contributed by atoms with Crippen molar-refractivity contribution < 1.29 is 23.8 Å². The molecule has 33 heavy (non-hydrogen) atoms. The van der Waals surface area contributed by atoms with Crippen LogP contribution in [0.3, 0.4) is 0 Å². The maximum Gasteiger partial charge on any atom is 0.340 e. The molecular formula is C23H27N5O5. The van der Waals surface area contributed by atoms with Crippen molar-refractivity contribution in [1.29, 1.82) is 0 Å². The maximum absolute atomic E-state index is 12.7. The molecule has 0 radical (unpaired) electrons. The predicted molar refractivity (Wildman–Crippen MR) is 123 cm³/mol. The molecule has 2 aromatic heterocycles. The van der Waals surface area contributed by atoms with Crippen LogP contribution in [0, 0.1) is 13.8 Å². The highest BCUT2D eigenvalue weighted by Crippen LogP contribution is 2.28. The van der Waals surface area contributed by atoms with E-state index in [2.05, 4.69) is 20.3 Å². The quantitative estimate of drug-likeness (QED) is 0.566. The van der Waals surface area contributed by atoms with Gasteiger partial charge in [-0.25, -0.2) is 14.5 Å². The van der Waals surface area contributed by atoms with E-state index in [1.54, 1.807) is 23.9 Å². The normalized spacial score (nSPS) is 13.8. The Bertz CT molecular complexity index is 1200. The molecule has 1 N–H and O–H groups in total. The predicted octanol–water partition coefficient (Wildman–Crippen LogP) is 2.23. The minimum Gasteiger partial charge on any atom is -0.466 e. The molecule has 1 amide bonds. The summed E-state index contributed by atoms with van der Waals surface area (Å²) in [5.74, 6) is -0.617. The second kappa shape index (κ2) is 9.45. The van der Waals surface area contributed by atoms with Crippen LogP contribution in [0.15, 0.2) is 24.3 Å². The topological polar surface area (TPSA) is 108 Å². The Kier molecular flexibility index (Phi) is 6.45. The van der Waals surface area contributed by atoms with E-state index < -0.39 is 11.9 Å². The standard InChI is InChI=1S/C23H27N5O5/c1-14-11-15(2)24-21-20(14)22(26-27(21)3)33-13-19(29)25-18-6-5-16(12-17(18)23(30)31-4)28-7-9-32-10-8-28/h5-6,11-12H,7-10,13H2,1-4H3,(H,25,29). The summed E-state index contributed by atoms with van der Waals surface area (Å²) < 4.78 is 17.7. The monoisotopic (exact) mass is 453 g/mol. The first kappa shape index (κ1) is 22.5. The number of nitrogens with zero attached hydrogens (tertiary/aromatic N) is 4. The molecule has 0 bridgehead atoms. The number of carbonyl (C=O) groups is 2. The van der Waals surface area contributed by atoms with Crippen LogP contribution in [0.1, 0.15) is 21.6 Å². The smallest absolute Gasteiger partial charge is 0.340 e. The van der Waals surface area contributed by atoms with Crippen molar-refractivity contribution in [3.8, 4) is 5.88 Å². The van der Waals surface area contributed by atoms with Gasteiger partial charge in [0.15, 0.2) is 12.3 Å². The Balaban J connectivity index is 1.50. The van der Waals surface area contributed by atoms with Crippen molar-refractivity contribution >= 4 is 34.3 Å². The molecule has 1 aliphatic heterocycles. The van der Waals surface area contributed by atoms with Crippen LogP contribution in [0.2, 0.25) is 0 Å². The number of esters is 1. The Morgan fingerprint density at radius 2 is 1.94 bits per heavy atom. The summed E-state index contributed by atoms with van der Waals surface area (Å²) in [7, 11) is 3.09. The molecule has 1 aliphatic rings. The average molecular weight is 453 g/mol. The lowest BCUT2D eigenvalue weighted by Crippen LogP contribution is -2.36. The largest absolute Gasteiger partial charge is 0.466 e. The van der Waals surface area contributed by atoms with Gasteiger partial charge in [-0.3, -0.25) is 4.79 Å². The van der Waals surface area contributed by atoms with E-state index in [0.29, 0.717) is 30.4 Å². The van der Waals surface area contributed by atoms with Gasteiger partial charge in [-0.05, 0) is 43.7 Å². The number of fused-ring (bicyclic) bond motifs is 1. The van der Waals surface area contributed by atoms with Gasteiger partial charge < -0.3 is 24.4 Å². The van der Waals surface area contributed by atoms with Crippen molar-refractivity contribution in [2.45, 2.75) is 13.8 Å². The number of aryl methyl sites for hydroxylation is 3. The highest BCUT2D eigenvalue weighted by molar-refractivity contribution is 6.02. The molecule has 0 unspecified atom stereocenters. The molecule has 1 aromatic carbocycles. The molecule has 10 heteroatoms. The zero-order valence-electron chi connectivity index (χ0n) is 19.2. The van der Waals surface area contributed by atoms with Crippen molar-refractivity contribution in [3.05, 3.63) is 41.1 Å². The average Bonchev–Trinajstić information content (AvgIpc) is 3.13. The lowest BCUT2D eigenvalue weighted by molar-refractivity contribution is -0.118. The first-order valence-electron chi connectivity index (χ1n) is 10.7. The minimum atomic E-state index is -0.533. The molecule has 10 nitrogen and oxygen atoms in total. The second-order valence-corrected chi connectivity index (χ2v) is 7.87. The van der Waals surface area contributed by atoms with Crippen LogP contribution >= 0.6 is 0 Å². The van der Waals surface area contributed by atoms with Crippen molar-refractivity contribution in [2.75, 3.05) is 50.2 Å². The second-order valence-electron chi connectivity index (χ2n) is 7.87. The van der Waals surface area contributed by atoms with E-state index in [1.165, 1.54) is 7.11 Å². The number of hydrogen-bond acceptors (Lipinski definition) is 8. The zero-order chi connectivity index (χ0) is 23.5. The molecule has 1 saturated heterocycles. The van der Waals surface area contributed by atoms with E-state index in [4.69, 9.17) is 14.2 Å². The van der Waals surface area contributed by atoms with Crippen molar-refractivity contribution in [2.24, 2.45) is 7.05 Å². The summed E-state index contributed by atoms with van der Waals surface area (Å²) in [5.41, 5.74) is 4.03. The van der Waals surface area contributed by atoms with Crippen LogP contribution in [0.25, 0.3) is 11.0 Å². The molecule has 0 aliphatic carbocycles. The van der Waals surface area contributed by atoms with E-state index in [9.17, 15) is 9.59 Å². The van der Waals surface area contributed by atoms with Gasteiger partial charge in [0.05, 0.1) is 37.0 Å². The number of methoxy groups -OCH3 is 1. The molecule has 174 valence electrons. The minimum absolute atomic E-state index is 0.272. The molecule has 3 aromatic rings. The number of hydrogen-bond donors (Lipinski definition) is 1. The molecule has 1 fully saturated rings. The third kappa shape index (κ3) is 4.75. The van der Waals surface area contributed by atoms with Gasteiger partial charge >= 0.3 is 5.97 Å². The molecule has 3 heterocycles. The van der Waals surface area contributed by atoms with E-state index >= 15 is 0 Å². The van der Waals surface area contributed by atoms with Crippen LogP contribution in [0.5, 0.6) is 5.88 Å². The fourth-order valence-corrected chi connectivity index (χ4v) is 3.91. The number of amides is 1. The molecule has 0 saturated carbocycles. The third-order valence-corrected chi connectivity index (χ3v) is 5.49. The first-order valence-corrected chi connectivity index (χ1v) is 10.7. The zero-order valence-corrected chi connectivity index (χ0v) is 19.2. The van der Waals surface area contributed by atoms with Crippen LogP contribution in [0.4, 0.5) is 11.4 Å². The Labute approximate surface area is 191 Å². The highest BCUT2D eigenvalue weighted by Gasteiger charge is 2.20. The van der Waals surface area contributed by atoms with Gasteiger partial charge in [-0.1, -0.05) is 0 Å². The van der Waals surface area contributed by atoms with Crippen LogP contribution in [-0.2, 0) is 21.3 Å². The Morgan fingerprint density at radius 3 is 2.67 bits per heavy atom. The fourth-order valence-electron chi connectivity index (χ4n) is 3.91. The Morgan fingerprint density at radius 1 is 1.18 bits per heavy atom. The van der Waals surface area contributed by atoms with E-state index in [0.717, 1.165) is 35.4 Å². The number of carbonyl (C=O) groups excluding carboxylic acids is 2. The lowest BCUT2D eigenvalue weighted by atomic mass is 10.1. The van der Waals surface area contributed by atoms with E-state index in [-0.39, 0.29) is 12.2 Å². The van der Waals surface area contributed by atoms with Crippen LogP contribution < -0.4 is 15.0 Å². The molecule has 0 atom stereocenters. The van der Waals surface area contributed by atoms with Crippen molar-refractivity contribution in [1.82, 2.24) is 14.8 Å². The van der Waals surface area contributed by atoms with E-state index in [1.807, 2.05) is 26.0 Å². The summed E-state index contributed by atoms with van der Waals surface area (Å²) in [6.45, 7) is 6.30. The first-order chi connectivity index (χ1) is 15.9. The van der Waals surface area contributed by atoms with Gasteiger partial charge in [0.1, 0.15) is 0 Å². The maximum atomic E-state index is 12.7. The summed E-state index contributed by atoms with van der Waals surface area (Å²) in [6.07, 6.45) is 0. The number of pyridine rings is 1. The summed E-state index contributed by atoms with van der Waals surface area (Å²) in [5, 5.41) is 7.87. The number of rotatable bonds is 6. The van der Waals surface area contributed by atoms with Gasteiger partial charge in [-0.2, -0.15) is 0 Å². The molecule has 4 rings (SSSR count). The van der Waals surface area contributed by atoms with Crippen LogP contribution in [-0.4, -0.2) is 66.7 Å². The third-order valence-electron chi connectivity index (χ3n) is 5.49. The summed E-state index contributed by atoms with van der Waals surface area (Å²) >= 11 is 0. The fraction of sp³-hybridized carbons (Fsp3) is 0.391. The number of ether oxygens (including phenoxy) is 3.